The van der Waals surface area contributed by atoms with Crippen LogP contribution in [0.1, 0.15) is 70.6 Å². The van der Waals surface area contributed by atoms with E-state index >= 15 is 0 Å². The second-order valence-electron chi connectivity index (χ2n) is 7.26. The van der Waals surface area contributed by atoms with Crippen molar-refractivity contribution in [2.75, 3.05) is 19.4 Å². The van der Waals surface area contributed by atoms with E-state index in [0.717, 1.165) is 6.61 Å². The van der Waals surface area contributed by atoms with Crippen LogP contribution in [0, 0.1) is 0 Å². The summed E-state index contributed by atoms with van der Waals surface area (Å²) in [5.74, 6) is 0. The van der Waals surface area contributed by atoms with Gasteiger partial charge in [-0.15, -0.1) is 0 Å². The Balaban J connectivity index is 1.52. The number of hydrogen-bond acceptors (Lipinski definition) is 3. The van der Waals surface area contributed by atoms with Gasteiger partial charge in [0.15, 0.2) is 0 Å². The Bertz CT molecular complexity index is 303. The molecule has 0 aromatic heterocycles. The zero-order chi connectivity index (χ0) is 13.9. The van der Waals surface area contributed by atoms with Crippen LogP contribution in [0.3, 0.4) is 0 Å². The number of rotatable bonds is 4. The lowest BCUT2D eigenvalue weighted by molar-refractivity contribution is -0.109. The molecule has 3 heteroatoms. The SMILES string of the molecule is CSC1(CNC2CCOC3(CCCCC3)C2)CCCC1. The molecular formula is C17H31NOS. The van der Waals surface area contributed by atoms with Crippen LogP contribution in [0.2, 0.25) is 0 Å². The maximum Gasteiger partial charge on any atom is 0.0697 e. The van der Waals surface area contributed by atoms with E-state index in [-0.39, 0.29) is 5.60 Å². The van der Waals surface area contributed by atoms with Crippen LogP contribution in [-0.2, 0) is 4.74 Å². The largest absolute Gasteiger partial charge is 0.375 e. The molecule has 3 fully saturated rings. The van der Waals surface area contributed by atoms with Gasteiger partial charge >= 0.3 is 0 Å². The highest BCUT2D eigenvalue weighted by Crippen LogP contribution is 2.41. The Kier molecular flexibility index (Phi) is 4.99. The minimum absolute atomic E-state index is 0.246. The van der Waals surface area contributed by atoms with Crippen LogP contribution >= 0.6 is 11.8 Å². The molecule has 1 aliphatic heterocycles. The lowest BCUT2D eigenvalue weighted by atomic mass is 9.78. The van der Waals surface area contributed by atoms with Crippen LogP contribution in [-0.4, -0.2) is 35.8 Å². The summed E-state index contributed by atoms with van der Waals surface area (Å²) in [7, 11) is 0. The highest BCUT2D eigenvalue weighted by molar-refractivity contribution is 8.00. The first kappa shape index (κ1) is 15.2. The second kappa shape index (κ2) is 6.58. The summed E-state index contributed by atoms with van der Waals surface area (Å²) in [5.41, 5.74) is 0.246. The first-order valence-electron chi connectivity index (χ1n) is 8.69. The van der Waals surface area contributed by atoms with Crippen LogP contribution in [0.15, 0.2) is 0 Å². The first-order chi connectivity index (χ1) is 9.76. The standard InChI is InChI=1S/C17H31NOS/c1-20-17(10-5-6-11-17)14-18-15-7-12-19-16(13-15)8-3-2-4-9-16/h15,18H,2-14H2,1H3. The molecular weight excluding hydrogens is 266 g/mol. The summed E-state index contributed by atoms with van der Waals surface area (Å²) in [5, 5.41) is 3.93. The van der Waals surface area contributed by atoms with Crippen molar-refractivity contribution >= 4 is 11.8 Å². The van der Waals surface area contributed by atoms with Crippen LogP contribution in [0.4, 0.5) is 0 Å². The van der Waals surface area contributed by atoms with Crippen LogP contribution < -0.4 is 5.32 Å². The quantitative estimate of drug-likeness (QED) is 0.843. The molecule has 1 N–H and O–H groups in total. The molecule has 1 saturated heterocycles. The normalized spacial score (nSPS) is 32.5. The minimum atomic E-state index is 0.246. The molecule has 0 bridgehead atoms. The van der Waals surface area contributed by atoms with Gasteiger partial charge in [-0.2, -0.15) is 11.8 Å². The fraction of sp³-hybridized carbons (Fsp3) is 1.00. The molecule has 2 nitrogen and oxygen atoms in total. The average molecular weight is 298 g/mol. The summed E-state index contributed by atoms with van der Waals surface area (Å²) in [4.78, 5) is 0. The van der Waals surface area contributed by atoms with Crippen molar-refractivity contribution in [3.63, 3.8) is 0 Å². The van der Waals surface area contributed by atoms with E-state index in [1.165, 1.54) is 77.2 Å². The third kappa shape index (κ3) is 3.36. The topological polar surface area (TPSA) is 21.3 Å². The zero-order valence-corrected chi connectivity index (χ0v) is 13.9. The Morgan fingerprint density at radius 2 is 1.75 bits per heavy atom. The molecule has 0 aromatic rings. The molecule has 20 heavy (non-hydrogen) atoms. The molecule has 1 heterocycles. The van der Waals surface area contributed by atoms with E-state index in [2.05, 4.69) is 23.3 Å². The zero-order valence-electron chi connectivity index (χ0n) is 13.1. The molecule has 0 radical (unpaired) electrons. The molecule has 2 aliphatic carbocycles. The number of thioether (sulfide) groups is 1. The predicted molar refractivity (Wildman–Crippen MR) is 87.5 cm³/mol. The Morgan fingerprint density at radius 3 is 2.45 bits per heavy atom. The van der Waals surface area contributed by atoms with Gasteiger partial charge in [-0.3, -0.25) is 0 Å². The van der Waals surface area contributed by atoms with E-state index in [9.17, 15) is 0 Å². The monoisotopic (exact) mass is 297 g/mol. The Morgan fingerprint density at radius 1 is 1.05 bits per heavy atom. The predicted octanol–water partition coefficient (Wildman–Crippen LogP) is 4.13. The van der Waals surface area contributed by atoms with Gasteiger partial charge in [-0.1, -0.05) is 32.1 Å². The van der Waals surface area contributed by atoms with Gasteiger partial charge < -0.3 is 10.1 Å². The molecule has 3 aliphatic rings. The molecule has 0 aromatic carbocycles. The lowest BCUT2D eigenvalue weighted by Gasteiger charge is -2.44. The van der Waals surface area contributed by atoms with Crippen molar-refractivity contribution in [3.8, 4) is 0 Å². The van der Waals surface area contributed by atoms with Crippen molar-refractivity contribution in [2.45, 2.75) is 87.0 Å². The van der Waals surface area contributed by atoms with E-state index in [4.69, 9.17) is 4.74 Å². The van der Waals surface area contributed by atoms with Gasteiger partial charge in [-0.25, -0.2) is 0 Å². The van der Waals surface area contributed by atoms with Crippen molar-refractivity contribution in [1.82, 2.24) is 5.32 Å². The maximum absolute atomic E-state index is 6.21. The summed E-state index contributed by atoms with van der Waals surface area (Å²) >= 11 is 2.10. The Labute approximate surface area is 128 Å². The molecule has 0 amide bonds. The molecule has 1 unspecified atom stereocenters. The number of nitrogens with one attached hydrogen (secondary N) is 1. The highest BCUT2D eigenvalue weighted by Gasteiger charge is 2.39. The van der Waals surface area contributed by atoms with Crippen molar-refractivity contribution in [1.29, 1.82) is 0 Å². The van der Waals surface area contributed by atoms with Gasteiger partial charge in [-0.05, 0) is 44.8 Å². The maximum atomic E-state index is 6.21. The van der Waals surface area contributed by atoms with E-state index < -0.39 is 0 Å². The van der Waals surface area contributed by atoms with Gasteiger partial charge in [0.05, 0.1) is 5.60 Å². The van der Waals surface area contributed by atoms with E-state index in [1.54, 1.807) is 0 Å². The Hall–Kier alpha value is 0.270. The third-order valence-corrected chi connectivity index (χ3v) is 7.34. The van der Waals surface area contributed by atoms with Gasteiger partial charge in [0, 0.05) is 23.9 Å². The van der Waals surface area contributed by atoms with Gasteiger partial charge in [0.25, 0.3) is 0 Å². The molecule has 1 spiro atoms. The first-order valence-corrected chi connectivity index (χ1v) is 9.91. The lowest BCUT2D eigenvalue weighted by Crippen LogP contribution is -2.50. The third-order valence-electron chi connectivity index (χ3n) is 5.92. The van der Waals surface area contributed by atoms with Gasteiger partial charge in [0.1, 0.15) is 0 Å². The summed E-state index contributed by atoms with van der Waals surface area (Å²) in [6.45, 7) is 2.19. The van der Waals surface area contributed by atoms with E-state index in [0.29, 0.717) is 10.8 Å². The van der Waals surface area contributed by atoms with Crippen molar-refractivity contribution in [3.05, 3.63) is 0 Å². The smallest absolute Gasteiger partial charge is 0.0697 e. The molecule has 2 saturated carbocycles. The fourth-order valence-corrected chi connectivity index (χ4v) is 5.47. The van der Waals surface area contributed by atoms with Crippen molar-refractivity contribution in [2.24, 2.45) is 0 Å². The van der Waals surface area contributed by atoms with Gasteiger partial charge in [0.2, 0.25) is 0 Å². The summed E-state index contributed by atoms with van der Waals surface area (Å²) in [6, 6.07) is 0.700. The fourth-order valence-electron chi connectivity index (χ4n) is 4.55. The minimum Gasteiger partial charge on any atom is -0.375 e. The molecule has 116 valence electrons. The summed E-state index contributed by atoms with van der Waals surface area (Å²) < 4.78 is 6.75. The number of hydrogen-bond donors (Lipinski definition) is 1. The second-order valence-corrected chi connectivity index (χ2v) is 8.53. The average Bonchev–Trinajstić information content (AvgIpc) is 2.96. The van der Waals surface area contributed by atoms with Crippen molar-refractivity contribution < 1.29 is 4.74 Å². The highest BCUT2D eigenvalue weighted by atomic mass is 32.2. The molecule has 3 rings (SSSR count). The van der Waals surface area contributed by atoms with E-state index in [1.807, 2.05) is 0 Å². The molecule has 1 atom stereocenters. The van der Waals surface area contributed by atoms with Crippen LogP contribution in [0.5, 0.6) is 0 Å². The number of ether oxygens (including phenoxy) is 1. The van der Waals surface area contributed by atoms with Crippen LogP contribution in [0.25, 0.3) is 0 Å². The summed E-state index contributed by atoms with van der Waals surface area (Å²) in [6.07, 6.45) is 17.2.